The topological polar surface area (TPSA) is 38.0 Å². The molecule has 0 heterocycles. The summed E-state index contributed by atoms with van der Waals surface area (Å²) in [5.41, 5.74) is 8.85. The maximum atomic E-state index is 5.81. The van der Waals surface area contributed by atoms with Gasteiger partial charge in [-0.15, -0.1) is 0 Å². The van der Waals surface area contributed by atoms with Gasteiger partial charge in [-0.1, -0.05) is 6.07 Å². The van der Waals surface area contributed by atoms with Gasteiger partial charge in [0.2, 0.25) is 0 Å². The fourth-order valence-electron chi connectivity index (χ4n) is 1.12. The van der Waals surface area contributed by atoms with Crippen LogP contribution in [0.2, 0.25) is 0 Å². The summed E-state index contributed by atoms with van der Waals surface area (Å²) in [5.74, 6) is 0. The van der Waals surface area contributed by atoms with Crippen LogP contribution in [-0.2, 0) is 0 Å². The second-order valence-electron chi connectivity index (χ2n) is 3.39. The van der Waals surface area contributed by atoms with E-state index in [2.05, 4.69) is 25.2 Å². The average molecular weight is 164 g/mol. The van der Waals surface area contributed by atoms with Gasteiger partial charge in [0.25, 0.3) is 0 Å². The van der Waals surface area contributed by atoms with Gasteiger partial charge in [-0.05, 0) is 38.5 Å². The summed E-state index contributed by atoms with van der Waals surface area (Å²) in [6.07, 6.45) is 0. The van der Waals surface area contributed by atoms with E-state index >= 15 is 0 Å². The van der Waals surface area contributed by atoms with E-state index in [1.807, 2.05) is 19.1 Å². The van der Waals surface area contributed by atoms with Crippen LogP contribution in [0.25, 0.3) is 0 Å². The zero-order valence-corrected chi connectivity index (χ0v) is 7.89. The summed E-state index contributed by atoms with van der Waals surface area (Å²) in [7, 11) is 0. The predicted octanol–water partition coefficient (Wildman–Crippen LogP) is 2.40. The third kappa shape index (κ3) is 2.16. The van der Waals surface area contributed by atoms with Gasteiger partial charge >= 0.3 is 0 Å². The molecule has 1 aromatic carbocycles. The van der Waals surface area contributed by atoms with Crippen LogP contribution >= 0.6 is 0 Å². The van der Waals surface area contributed by atoms with Gasteiger partial charge in [0.1, 0.15) is 0 Å². The Labute approximate surface area is 73.8 Å². The Hall–Kier alpha value is -1.18. The van der Waals surface area contributed by atoms with Gasteiger partial charge in [-0.2, -0.15) is 0 Å². The highest BCUT2D eigenvalue weighted by atomic mass is 14.9. The Morgan fingerprint density at radius 2 is 2.00 bits per heavy atom. The first-order valence-electron chi connectivity index (χ1n) is 4.22. The molecule has 2 heteroatoms. The molecule has 0 aliphatic carbocycles. The van der Waals surface area contributed by atoms with E-state index in [-0.39, 0.29) is 0 Å². The molecule has 0 aliphatic heterocycles. The normalized spacial score (nSPS) is 10.3. The number of rotatable bonds is 2. The van der Waals surface area contributed by atoms with Crippen LogP contribution in [0.4, 0.5) is 11.4 Å². The average Bonchev–Trinajstić information content (AvgIpc) is 1.94. The second kappa shape index (κ2) is 3.48. The van der Waals surface area contributed by atoms with Gasteiger partial charge in [-0.3, -0.25) is 0 Å². The molecule has 0 amide bonds. The van der Waals surface area contributed by atoms with Gasteiger partial charge in [-0.25, -0.2) is 0 Å². The molecule has 2 nitrogen and oxygen atoms in total. The highest BCUT2D eigenvalue weighted by Crippen LogP contribution is 2.19. The SMILES string of the molecule is Cc1ccc(NC(C)C)c(N)c1. The Bertz CT molecular complexity index is 267. The van der Waals surface area contributed by atoms with Crippen molar-refractivity contribution in [2.45, 2.75) is 26.8 Å². The third-order valence-electron chi connectivity index (χ3n) is 1.65. The Morgan fingerprint density at radius 1 is 1.33 bits per heavy atom. The van der Waals surface area contributed by atoms with E-state index < -0.39 is 0 Å². The Kier molecular flexibility index (Phi) is 2.58. The van der Waals surface area contributed by atoms with Crippen molar-refractivity contribution >= 4 is 11.4 Å². The number of nitrogens with two attached hydrogens (primary N) is 1. The highest BCUT2D eigenvalue weighted by molar-refractivity contribution is 5.67. The van der Waals surface area contributed by atoms with E-state index in [1.54, 1.807) is 0 Å². The lowest BCUT2D eigenvalue weighted by Crippen LogP contribution is -2.11. The van der Waals surface area contributed by atoms with Crippen molar-refractivity contribution in [1.82, 2.24) is 0 Å². The van der Waals surface area contributed by atoms with Gasteiger partial charge in [0, 0.05) is 6.04 Å². The summed E-state index contributed by atoms with van der Waals surface area (Å²) < 4.78 is 0. The fourth-order valence-corrected chi connectivity index (χ4v) is 1.12. The zero-order valence-electron chi connectivity index (χ0n) is 7.89. The summed E-state index contributed by atoms with van der Waals surface area (Å²) in [4.78, 5) is 0. The molecule has 0 atom stereocenters. The second-order valence-corrected chi connectivity index (χ2v) is 3.39. The van der Waals surface area contributed by atoms with E-state index in [0.717, 1.165) is 11.4 Å². The molecule has 0 saturated heterocycles. The first-order chi connectivity index (χ1) is 5.59. The maximum absolute atomic E-state index is 5.81. The molecule has 0 saturated carbocycles. The molecule has 0 fully saturated rings. The minimum atomic E-state index is 0.426. The molecule has 1 rings (SSSR count). The van der Waals surface area contributed by atoms with E-state index in [4.69, 9.17) is 5.73 Å². The van der Waals surface area contributed by atoms with Crippen molar-refractivity contribution < 1.29 is 0 Å². The molecule has 0 aromatic heterocycles. The predicted molar refractivity (Wildman–Crippen MR) is 54.4 cm³/mol. The quantitative estimate of drug-likeness (QED) is 0.659. The maximum Gasteiger partial charge on any atom is 0.0576 e. The smallest absolute Gasteiger partial charge is 0.0576 e. The molecule has 0 radical (unpaired) electrons. The Balaban J connectivity index is 2.86. The van der Waals surface area contributed by atoms with Crippen molar-refractivity contribution in [2.75, 3.05) is 11.1 Å². The lowest BCUT2D eigenvalue weighted by Gasteiger charge is -2.12. The Morgan fingerprint density at radius 3 is 2.50 bits per heavy atom. The minimum Gasteiger partial charge on any atom is -0.397 e. The van der Waals surface area contributed by atoms with Gasteiger partial charge in [0.05, 0.1) is 11.4 Å². The van der Waals surface area contributed by atoms with Crippen LogP contribution in [0.5, 0.6) is 0 Å². The molecule has 66 valence electrons. The molecule has 1 aromatic rings. The molecule has 0 aliphatic rings. The van der Waals surface area contributed by atoms with Crippen LogP contribution in [0.1, 0.15) is 19.4 Å². The third-order valence-corrected chi connectivity index (χ3v) is 1.65. The number of nitrogen functional groups attached to an aromatic ring is 1. The lowest BCUT2D eigenvalue weighted by atomic mass is 10.2. The summed E-state index contributed by atoms with van der Waals surface area (Å²) in [6.45, 7) is 6.23. The van der Waals surface area contributed by atoms with Crippen LogP contribution in [0, 0.1) is 6.92 Å². The molecular formula is C10H16N2. The van der Waals surface area contributed by atoms with Gasteiger partial charge < -0.3 is 11.1 Å². The van der Waals surface area contributed by atoms with Gasteiger partial charge in [0.15, 0.2) is 0 Å². The molecule has 12 heavy (non-hydrogen) atoms. The van der Waals surface area contributed by atoms with Crippen molar-refractivity contribution in [2.24, 2.45) is 0 Å². The van der Waals surface area contributed by atoms with E-state index in [0.29, 0.717) is 6.04 Å². The van der Waals surface area contributed by atoms with E-state index in [9.17, 15) is 0 Å². The number of nitrogens with one attached hydrogen (secondary N) is 1. The first kappa shape index (κ1) is 8.91. The van der Waals surface area contributed by atoms with E-state index in [1.165, 1.54) is 5.56 Å². The minimum absolute atomic E-state index is 0.426. The van der Waals surface area contributed by atoms with Crippen LogP contribution in [0.3, 0.4) is 0 Å². The summed E-state index contributed by atoms with van der Waals surface area (Å²) >= 11 is 0. The molecule has 0 bridgehead atoms. The molecule has 0 spiro atoms. The first-order valence-corrected chi connectivity index (χ1v) is 4.22. The monoisotopic (exact) mass is 164 g/mol. The van der Waals surface area contributed by atoms with Crippen LogP contribution < -0.4 is 11.1 Å². The molecular weight excluding hydrogens is 148 g/mol. The number of hydrogen-bond acceptors (Lipinski definition) is 2. The summed E-state index contributed by atoms with van der Waals surface area (Å²) in [6, 6.07) is 6.48. The highest BCUT2D eigenvalue weighted by Gasteiger charge is 1.99. The van der Waals surface area contributed by atoms with Crippen molar-refractivity contribution in [3.8, 4) is 0 Å². The molecule has 0 unspecified atom stereocenters. The largest absolute Gasteiger partial charge is 0.397 e. The number of benzene rings is 1. The van der Waals surface area contributed by atoms with Crippen LogP contribution in [0.15, 0.2) is 18.2 Å². The summed E-state index contributed by atoms with van der Waals surface area (Å²) in [5, 5.41) is 3.28. The number of aryl methyl sites for hydroxylation is 1. The number of anilines is 2. The zero-order chi connectivity index (χ0) is 9.14. The fraction of sp³-hybridized carbons (Fsp3) is 0.400. The molecule has 3 N–H and O–H groups in total. The standard InChI is InChI=1S/C10H16N2/c1-7(2)12-10-5-4-8(3)6-9(10)11/h4-7,12H,11H2,1-3H3. The van der Waals surface area contributed by atoms with Crippen molar-refractivity contribution in [1.29, 1.82) is 0 Å². The van der Waals surface area contributed by atoms with Crippen molar-refractivity contribution in [3.63, 3.8) is 0 Å². The van der Waals surface area contributed by atoms with Crippen LogP contribution in [-0.4, -0.2) is 6.04 Å². The lowest BCUT2D eigenvalue weighted by molar-refractivity contribution is 0.900. The number of hydrogen-bond donors (Lipinski definition) is 2. The van der Waals surface area contributed by atoms with Crippen molar-refractivity contribution in [3.05, 3.63) is 23.8 Å².